The van der Waals surface area contributed by atoms with E-state index in [1.807, 2.05) is 4.90 Å². The molecule has 2 heterocycles. The molecule has 0 spiro atoms. The molecule has 0 atom stereocenters. The minimum atomic E-state index is -0.333. The molecule has 2 aliphatic heterocycles. The van der Waals surface area contributed by atoms with Crippen LogP contribution in [-0.4, -0.2) is 78.5 Å². The van der Waals surface area contributed by atoms with E-state index in [4.69, 9.17) is 4.74 Å². The minimum absolute atomic E-state index is 0.0561. The molecule has 7 heteroatoms. The van der Waals surface area contributed by atoms with Crippen LogP contribution in [-0.2, 0) is 14.3 Å². The maximum absolute atomic E-state index is 12.3. The zero-order valence-electron chi connectivity index (χ0n) is 14.0. The van der Waals surface area contributed by atoms with Gasteiger partial charge >= 0.3 is 6.09 Å². The number of likely N-dealkylation sites (tertiary alicyclic amines) is 1. The van der Waals surface area contributed by atoms with Gasteiger partial charge in [-0.15, -0.1) is 0 Å². The Morgan fingerprint density at radius 2 is 1.22 bits per heavy atom. The second kappa shape index (κ2) is 8.74. The number of piperazine rings is 1. The van der Waals surface area contributed by atoms with Crippen LogP contribution in [0, 0.1) is 0 Å². The Balaban J connectivity index is 1.76. The first-order valence-electron chi connectivity index (χ1n) is 8.59. The first-order chi connectivity index (χ1) is 11.1. The van der Waals surface area contributed by atoms with Crippen LogP contribution >= 0.6 is 0 Å². The van der Waals surface area contributed by atoms with Crippen LogP contribution in [0.2, 0.25) is 0 Å². The highest BCUT2D eigenvalue weighted by Gasteiger charge is 2.27. The smallest absolute Gasteiger partial charge is 0.409 e. The van der Waals surface area contributed by atoms with Crippen LogP contribution in [0.15, 0.2) is 0 Å². The van der Waals surface area contributed by atoms with Crippen LogP contribution in [0.5, 0.6) is 0 Å². The normalized spacial score (nSPS) is 19.3. The third-order valence-electron chi connectivity index (χ3n) is 4.42. The van der Waals surface area contributed by atoms with E-state index in [9.17, 15) is 14.4 Å². The van der Waals surface area contributed by atoms with Crippen LogP contribution in [0.1, 0.15) is 39.0 Å². The Morgan fingerprint density at radius 1 is 0.739 bits per heavy atom. The lowest BCUT2D eigenvalue weighted by Crippen LogP contribution is -2.51. The summed E-state index contributed by atoms with van der Waals surface area (Å²) < 4.78 is 4.96. The maximum Gasteiger partial charge on any atom is 0.409 e. The van der Waals surface area contributed by atoms with Gasteiger partial charge in [0.25, 0.3) is 0 Å². The number of amides is 3. The summed E-state index contributed by atoms with van der Waals surface area (Å²) in [6, 6.07) is 0. The zero-order valence-corrected chi connectivity index (χ0v) is 14.0. The van der Waals surface area contributed by atoms with Crippen molar-refractivity contribution in [1.29, 1.82) is 0 Å². The summed E-state index contributed by atoms with van der Waals surface area (Å²) in [7, 11) is 0. The zero-order chi connectivity index (χ0) is 16.7. The number of carbonyl (C=O) groups excluding carboxylic acids is 3. The molecule has 0 saturated carbocycles. The van der Waals surface area contributed by atoms with Gasteiger partial charge in [-0.1, -0.05) is 12.8 Å². The largest absolute Gasteiger partial charge is 0.450 e. The lowest BCUT2D eigenvalue weighted by molar-refractivity contribution is -0.141. The van der Waals surface area contributed by atoms with E-state index in [0.717, 1.165) is 38.8 Å². The fourth-order valence-electron chi connectivity index (χ4n) is 3.03. The maximum atomic E-state index is 12.3. The summed E-state index contributed by atoms with van der Waals surface area (Å²) in [5.74, 6) is -0.201. The molecule has 0 aromatic carbocycles. The molecule has 2 fully saturated rings. The van der Waals surface area contributed by atoms with Crippen LogP contribution in [0.4, 0.5) is 4.79 Å². The Labute approximate surface area is 137 Å². The first kappa shape index (κ1) is 17.6. The van der Waals surface area contributed by atoms with Gasteiger partial charge in [0.2, 0.25) is 11.8 Å². The van der Waals surface area contributed by atoms with Gasteiger partial charge in [-0.25, -0.2) is 4.79 Å². The summed E-state index contributed by atoms with van der Waals surface area (Å²) in [6.45, 7) is 5.50. The van der Waals surface area contributed by atoms with Gasteiger partial charge in [-0.05, 0) is 19.8 Å². The van der Waals surface area contributed by atoms with Crippen molar-refractivity contribution < 1.29 is 19.1 Å². The summed E-state index contributed by atoms with van der Waals surface area (Å²) in [5.41, 5.74) is 0. The standard InChI is InChI=1S/C16H27N3O4/c1-2-23-16(22)19-11-9-18(10-12-19)15(21)13-14(20)17-7-5-3-4-6-8-17/h2-13H2,1H3. The highest BCUT2D eigenvalue weighted by atomic mass is 16.6. The average molecular weight is 325 g/mol. The molecule has 0 radical (unpaired) electrons. The Hall–Kier alpha value is -1.79. The molecule has 130 valence electrons. The number of ether oxygens (including phenoxy) is 1. The number of rotatable bonds is 3. The molecule has 0 N–H and O–H groups in total. The molecule has 0 bridgehead atoms. The van der Waals surface area contributed by atoms with E-state index in [2.05, 4.69) is 0 Å². The van der Waals surface area contributed by atoms with Crippen molar-refractivity contribution >= 4 is 17.9 Å². The molecule has 7 nitrogen and oxygen atoms in total. The fraction of sp³-hybridized carbons (Fsp3) is 0.812. The monoisotopic (exact) mass is 325 g/mol. The third kappa shape index (κ3) is 5.11. The number of hydrogen-bond donors (Lipinski definition) is 0. The summed E-state index contributed by atoms with van der Waals surface area (Å²) in [6.07, 6.45) is 3.98. The van der Waals surface area contributed by atoms with Crippen LogP contribution in [0.3, 0.4) is 0 Å². The van der Waals surface area contributed by atoms with Crippen molar-refractivity contribution in [1.82, 2.24) is 14.7 Å². The van der Waals surface area contributed by atoms with Crippen molar-refractivity contribution in [2.45, 2.75) is 39.0 Å². The quantitative estimate of drug-likeness (QED) is 0.728. The highest BCUT2D eigenvalue weighted by Crippen LogP contribution is 2.12. The summed E-state index contributed by atoms with van der Waals surface area (Å²) in [4.78, 5) is 41.3. The van der Waals surface area contributed by atoms with Crippen molar-refractivity contribution in [2.75, 3.05) is 45.9 Å². The fourth-order valence-corrected chi connectivity index (χ4v) is 3.03. The SMILES string of the molecule is CCOC(=O)N1CCN(C(=O)CC(=O)N2CCCCCC2)CC1. The molecule has 2 aliphatic rings. The molecular formula is C16H27N3O4. The van der Waals surface area contributed by atoms with Gasteiger partial charge in [0.1, 0.15) is 6.42 Å². The number of carbonyl (C=O) groups is 3. The van der Waals surface area contributed by atoms with Gasteiger partial charge in [0.15, 0.2) is 0 Å². The minimum Gasteiger partial charge on any atom is -0.450 e. The van der Waals surface area contributed by atoms with Gasteiger partial charge in [0.05, 0.1) is 6.61 Å². The second-order valence-electron chi connectivity index (χ2n) is 6.04. The molecule has 2 rings (SSSR count). The predicted octanol–water partition coefficient (Wildman–Crippen LogP) is 1.08. The van der Waals surface area contributed by atoms with Gasteiger partial charge in [-0.2, -0.15) is 0 Å². The molecule has 0 aromatic heterocycles. The van der Waals surface area contributed by atoms with E-state index < -0.39 is 0 Å². The Kier molecular flexibility index (Phi) is 6.67. The van der Waals surface area contributed by atoms with E-state index in [-0.39, 0.29) is 24.3 Å². The highest BCUT2D eigenvalue weighted by molar-refractivity contribution is 5.97. The molecule has 23 heavy (non-hydrogen) atoms. The second-order valence-corrected chi connectivity index (χ2v) is 6.04. The van der Waals surface area contributed by atoms with Crippen LogP contribution < -0.4 is 0 Å². The van der Waals surface area contributed by atoms with E-state index in [1.54, 1.807) is 16.7 Å². The van der Waals surface area contributed by atoms with Gasteiger partial charge < -0.3 is 19.4 Å². The van der Waals surface area contributed by atoms with Gasteiger partial charge in [0, 0.05) is 39.3 Å². The predicted molar refractivity (Wildman–Crippen MR) is 84.8 cm³/mol. The molecular weight excluding hydrogens is 298 g/mol. The van der Waals surface area contributed by atoms with E-state index >= 15 is 0 Å². The van der Waals surface area contributed by atoms with Crippen molar-refractivity contribution in [3.63, 3.8) is 0 Å². The summed E-state index contributed by atoms with van der Waals surface area (Å²) in [5, 5.41) is 0. The lowest BCUT2D eigenvalue weighted by Gasteiger charge is -2.34. The molecule has 0 aliphatic carbocycles. The van der Waals surface area contributed by atoms with Crippen molar-refractivity contribution in [3.8, 4) is 0 Å². The van der Waals surface area contributed by atoms with Crippen molar-refractivity contribution in [2.24, 2.45) is 0 Å². The number of hydrogen-bond acceptors (Lipinski definition) is 4. The topological polar surface area (TPSA) is 70.2 Å². The number of nitrogens with zero attached hydrogens (tertiary/aromatic N) is 3. The van der Waals surface area contributed by atoms with Crippen molar-refractivity contribution in [3.05, 3.63) is 0 Å². The van der Waals surface area contributed by atoms with Crippen LogP contribution in [0.25, 0.3) is 0 Å². The third-order valence-corrected chi connectivity index (χ3v) is 4.42. The van der Waals surface area contributed by atoms with Gasteiger partial charge in [-0.3, -0.25) is 9.59 Å². The molecule has 3 amide bonds. The Bertz CT molecular complexity index is 425. The lowest BCUT2D eigenvalue weighted by atomic mass is 10.2. The Morgan fingerprint density at radius 3 is 1.74 bits per heavy atom. The molecule has 0 unspecified atom stereocenters. The molecule has 0 aromatic rings. The summed E-state index contributed by atoms with van der Waals surface area (Å²) >= 11 is 0. The first-order valence-corrected chi connectivity index (χ1v) is 8.59. The van der Waals surface area contributed by atoms with E-state index in [0.29, 0.717) is 32.8 Å². The molecule has 2 saturated heterocycles. The average Bonchev–Trinajstić information content (AvgIpc) is 2.84. The van der Waals surface area contributed by atoms with E-state index in [1.165, 1.54) is 0 Å².